The Bertz CT molecular complexity index is 460. The number of aryl methyl sites for hydroxylation is 2. The van der Waals surface area contributed by atoms with Gasteiger partial charge in [0.05, 0.1) is 18.3 Å². The predicted molar refractivity (Wildman–Crippen MR) is 82.9 cm³/mol. The second kappa shape index (κ2) is 6.99. The summed E-state index contributed by atoms with van der Waals surface area (Å²) in [6.45, 7) is 6.78. The summed E-state index contributed by atoms with van der Waals surface area (Å²) in [4.78, 5) is 20.1. The molecule has 0 radical (unpaired) electrons. The van der Waals surface area contributed by atoms with E-state index in [1.807, 2.05) is 30.2 Å². The van der Waals surface area contributed by atoms with Gasteiger partial charge in [-0.1, -0.05) is 6.08 Å². The Morgan fingerprint density at radius 1 is 1.55 bits per heavy atom. The number of hydrogen-bond acceptors (Lipinski definition) is 4. The van der Waals surface area contributed by atoms with E-state index < -0.39 is 0 Å². The van der Waals surface area contributed by atoms with Gasteiger partial charge in [0.1, 0.15) is 5.01 Å². The van der Waals surface area contributed by atoms with E-state index in [0.717, 1.165) is 18.0 Å². The van der Waals surface area contributed by atoms with Crippen LogP contribution >= 0.6 is 11.3 Å². The summed E-state index contributed by atoms with van der Waals surface area (Å²) in [5.41, 5.74) is 1.29. The Kier molecular flexibility index (Phi) is 5.31. The number of hydrogen-bond donors (Lipinski definition) is 1. The molecule has 1 aromatic rings. The van der Waals surface area contributed by atoms with Gasteiger partial charge in [-0.3, -0.25) is 9.69 Å². The number of nitrogens with one attached hydrogen (secondary N) is 1. The van der Waals surface area contributed by atoms with E-state index in [2.05, 4.69) is 11.9 Å². The van der Waals surface area contributed by atoms with Gasteiger partial charge in [-0.25, -0.2) is 4.98 Å². The zero-order valence-electron chi connectivity index (χ0n) is 12.3. The summed E-state index contributed by atoms with van der Waals surface area (Å²) in [6.07, 6.45) is 6.52. The van der Waals surface area contributed by atoms with E-state index in [1.54, 1.807) is 6.08 Å². The molecule has 0 saturated heterocycles. The molecule has 5 heteroatoms. The Hall–Kier alpha value is -1.20. The molecule has 1 aliphatic rings. The number of fused-ring (bicyclic) bond motifs is 1. The van der Waals surface area contributed by atoms with E-state index >= 15 is 0 Å². The van der Waals surface area contributed by atoms with Gasteiger partial charge in [0.2, 0.25) is 5.91 Å². The molecule has 2 rings (SSSR count). The van der Waals surface area contributed by atoms with Crippen molar-refractivity contribution >= 4 is 17.2 Å². The van der Waals surface area contributed by atoms with Crippen LogP contribution in [0.5, 0.6) is 0 Å². The van der Waals surface area contributed by atoms with Crippen molar-refractivity contribution in [3.63, 3.8) is 0 Å². The molecule has 0 unspecified atom stereocenters. The lowest BCUT2D eigenvalue weighted by Crippen LogP contribution is -2.42. The standard InChI is InChI=1S/C15H23N3OS/c1-4-9-16-15(19)11(2)18(3)10-14-17-12-7-5-6-8-13(12)20-14/h4,11H,1,5-10H2,2-3H3,(H,16,19)/t11-/m0/s1. The second-order valence-electron chi connectivity index (χ2n) is 5.31. The SMILES string of the molecule is C=CCNC(=O)[C@H](C)N(C)Cc1nc2c(s1)CCCC2. The number of rotatable bonds is 6. The Labute approximate surface area is 124 Å². The number of aromatic nitrogens is 1. The summed E-state index contributed by atoms with van der Waals surface area (Å²) in [7, 11) is 1.97. The molecule has 0 fully saturated rings. The number of thiazole rings is 1. The summed E-state index contributed by atoms with van der Waals surface area (Å²) >= 11 is 1.81. The normalized spacial score (nSPS) is 15.8. The minimum Gasteiger partial charge on any atom is -0.351 e. The smallest absolute Gasteiger partial charge is 0.237 e. The third kappa shape index (κ3) is 3.67. The first-order chi connectivity index (χ1) is 9.61. The molecular weight excluding hydrogens is 270 g/mol. The third-order valence-corrected chi connectivity index (χ3v) is 4.88. The molecule has 1 heterocycles. The van der Waals surface area contributed by atoms with Crippen LogP contribution in [-0.4, -0.2) is 35.4 Å². The van der Waals surface area contributed by atoms with E-state index in [0.29, 0.717) is 6.54 Å². The van der Waals surface area contributed by atoms with Gasteiger partial charge >= 0.3 is 0 Å². The molecule has 1 atom stereocenters. The lowest BCUT2D eigenvalue weighted by molar-refractivity contribution is -0.125. The molecule has 4 nitrogen and oxygen atoms in total. The van der Waals surface area contributed by atoms with Crippen molar-refractivity contribution in [1.82, 2.24) is 15.2 Å². The molecule has 20 heavy (non-hydrogen) atoms. The third-order valence-electron chi connectivity index (χ3n) is 3.74. The van der Waals surface area contributed by atoms with Gasteiger partial charge in [-0.15, -0.1) is 17.9 Å². The summed E-state index contributed by atoms with van der Waals surface area (Å²) in [5.74, 6) is 0.0359. The first-order valence-corrected chi connectivity index (χ1v) is 7.99. The fraction of sp³-hybridized carbons (Fsp3) is 0.600. The second-order valence-corrected chi connectivity index (χ2v) is 6.48. The topological polar surface area (TPSA) is 45.2 Å². The molecule has 0 aromatic carbocycles. The number of carbonyl (C=O) groups excluding carboxylic acids is 1. The van der Waals surface area contributed by atoms with Crippen LogP contribution in [0.1, 0.15) is 35.3 Å². The molecule has 110 valence electrons. The average Bonchev–Trinajstić information content (AvgIpc) is 2.85. The molecule has 1 aliphatic carbocycles. The molecule has 0 saturated carbocycles. The zero-order valence-corrected chi connectivity index (χ0v) is 13.1. The number of likely N-dealkylation sites (N-methyl/N-ethyl adjacent to an activating group) is 1. The highest BCUT2D eigenvalue weighted by Gasteiger charge is 2.20. The molecule has 0 bridgehead atoms. The molecule has 1 aromatic heterocycles. The summed E-state index contributed by atoms with van der Waals surface area (Å²) in [5, 5.41) is 3.96. The highest BCUT2D eigenvalue weighted by molar-refractivity contribution is 7.11. The quantitative estimate of drug-likeness (QED) is 0.817. The lowest BCUT2D eigenvalue weighted by atomic mass is 10.0. The fourth-order valence-electron chi connectivity index (χ4n) is 2.34. The van der Waals surface area contributed by atoms with Crippen molar-refractivity contribution in [2.24, 2.45) is 0 Å². The minimum absolute atomic E-state index is 0.0359. The first-order valence-electron chi connectivity index (χ1n) is 7.18. The van der Waals surface area contributed by atoms with Crippen molar-refractivity contribution in [3.05, 3.63) is 28.2 Å². The molecule has 0 spiro atoms. The van der Waals surface area contributed by atoms with Crippen LogP contribution in [0.25, 0.3) is 0 Å². The summed E-state index contributed by atoms with van der Waals surface area (Å²) in [6, 6.07) is -0.157. The summed E-state index contributed by atoms with van der Waals surface area (Å²) < 4.78 is 0. The molecule has 1 amide bonds. The van der Waals surface area contributed by atoms with Gasteiger partial charge < -0.3 is 5.32 Å². The Morgan fingerprint density at radius 2 is 2.30 bits per heavy atom. The zero-order chi connectivity index (χ0) is 14.5. The van der Waals surface area contributed by atoms with Gasteiger partial charge in [0.25, 0.3) is 0 Å². The maximum absolute atomic E-state index is 11.9. The van der Waals surface area contributed by atoms with Crippen LogP contribution in [0.3, 0.4) is 0 Å². The molecular formula is C15H23N3OS. The van der Waals surface area contributed by atoms with Crippen molar-refractivity contribution in [2.75, 3.05) is 13.6 Å². The number of amides is 1. The van der Waals surface area contributed by atoms with Crippen molar-refractivity contribution in [1.29, 1.82) is 0 Å². The van der Waals surface area contributed by atoms with E-state index in [1.165, 1.54) is 29.8 Å². The van der Waals surface area contributed by atoms with Crippen LogP contribution in [-0.2, 0) is 24.2 Å². The van der Waals surface area contributed by atoms with Gasteiger partial charge in [0, 0.05) is 11.4 Å². The number of nitrogens with zero attached hydrogens (tertiary/aromatic N) is 2. The number of carbonyl (C=O) groups is 1. The van der Waals surface area contributed by atoms with E-state index in [-0.39, 0.29) is 11.9 Å². The monoisotopic (exact) mass is 293 g/mol. The van der Waals surface area contributed by atoms with Crippen LogP contribution in [0.4, 0.5) is 0 Å². The van der Waals surface area contributed by atoms with Gasteiger partial charge in [0.15, 0.2) is 0 Å². The lowest BCUT2D eigenvalue weighted by Gasteiger charge is -2.22. The molecule has 1 N–H and O–H groups in total. The van der Waals surface area contributed by atoms with Crippen LogP contribution < -0.4 is 5.32 Å². The van der Waals surface area contributed by atoms with Gasteiger partial charge in [-0.05, 0) is 39.7 Å². The predicted octanol–water partition coefficient (Wildman–Crippen LogP) is 2.14. The minimum atomic E-state index is -0.157. The largest absolute Gasteiger partial charge is 0.351 e. The van der Waals surface area contributed by atoms with Crippen molar-refractivity contribution < 1.29 is 4.79 Å². The average molecular weight is 293 g/mol. The van der Waals surface area contributed by atoms with E-state index in [4.69, 9.17) is 4.98 Å². The van der Waals surface area contributed by atoms with Crippen molar-refractivity contribution in [3.8, 4) is 0 Å². The highest BCUT2D eigenvalue weighted by Crippen LogP contribution is 2.27. The Balaban J connectivity index is 1.93. The maximum atomic E-state index is 11.9. The first kappa shape index (κ1) is 15.2. The van der Waals surface area contributed by atoms with Gasteiger partial charge in [-0.2, -0.15) is 0 Å². The van der Waals surface area contributed by atoms with E-state index in [9.17, 15) is 4.79 Å². The highest BCUT2D eigenvalue weighted by atomic mass is 32.1. The van der Waals surface area contributed by atoms with Crippen LogP contribution in [0.15, 0.2) is 12.7 Å². The maximum Gasteiger partial charge on any atom is 0.237 e. The van der Waals surface area contributed by atoms with Crippen LogP contribution in [0, 0.1) is 0 Å². The fourth-order valence-corrected chi connectivity index (χ4v) is 3.56. The van der Waals surface area contributed by atoms with Crippen molar-refractivity contribution in [2.45, 2.75) is 45.2 Å². The van der Waals surface area contributed by atoms with Crippen LogP contribution in [0.2, 0.25) is 0 Å². The Morgan fingerprint density at radius 3 is 3.00 bits per heavy atom. The molecule has 0 aliphatic heterocycles.